The Bertz CT molecular complexity index is 1860. The van der Waals surface area contributed by atoms with Crippen LogP contribution in [0.5, 0.6) is 11.5 Å². The molecule has 0 bridgehead atoms. The molecule has 4 aromatic rings. The van der Waals surface area contributed by atoms with Crippen LogP contribution in [0.25, 0.3) is 0 Å². The van der Waals surface area contributed by atoms with Crippen LogP contribution >= 0.6 is 23.2 Å². The lowest BCUT2D eigenvalue weighted by molar-refractivity contribution is -0.150. The number of anilines is 2. The summed E-state index contributed by atoms with van der Waals surface area (Å²) < 4.78 is 11.8. The SMILES string of the molecule is CCc1ccccc1NC(=O)C1C(=O)CC(C)(O)C(C(=O)Nc2ccccc2CC)C1c1ccc(OCc2ccc(Cl)cc2Cl)c(OC)c1. The molecule has 1 fully saturated rings. The summed E-state index contributed by atoms with van der Waals surface area (Å²) in [5.41, 5.74) is 2.37. The lowest BCUT2D eigenvalue weighted by Crippen LogP contribution is -2.56. The molecule has 1 aliphatic rings. The molecule has 3 N–H and O–H groups in total. The van der Waals surface area contributed by atoms with Crippen LogP contribution in [0, 0.1) is 11.8 Å². The van der Waals surface area contributed by atoms with Crippen molar-refractivity contribution in [1.82, 2.24) is 0 Å². The molecule has 10 heteroatoms. The van der Waals surface area contributed by atoms with Crippen molar-refractivity contribution in [2.24, 2.45) is 11.8 Å². The third kappa shape index (κ3) is 7.93. The number of Topliss-reactive ketones (excluding diaryl/α,β-unsaturated/α-hetero) is 1. The quantitative estimate of drug-likeness (QED) is 0.136. The summed E-state index contributed by atoms with van der Waals surface area (Å²) in [5.74, 6) is -4.42. The Kier molecular flexibility index (Phi) is 11.3. The molecule has 0 aliphatic heterocycles. The van der Waals surface area contributed by atoms with Crippen LogP contribution in [0.2, 0.25) is 10.0 Å². The highest BCUT2D eigenvalue weighted by Crippen LogP contribution is 2.48. The number of aryl methyl sites for hydroxylation is 2. The molecule has 5 rings (SSSR count). The zero-order chi connectivity index (χ0) is 35.3. The summed E-state index contributed by atoms with van der Waals surface area (Å²) >= 11 is 12.4. The van der Waals surface area contributed by atoms with Crippen molar-refractivity contribution in [2.45, 2.75) is 58.2 Å². The summed E-state index contributed by atoms with van der Waals surface area (Å²) in [6.45, 7) is 5.54. The number of hydrogen-bond donors (Lipinski definition) is 3. The molecular formula is C39H40Cl2N2O6. The second kappa shape index (κ2) is 15.5. The smallest absolute Gasteiger partial charge is 0.235 e. The zero-order valence-corrected chi connectivity index (χ0v) is 29.4. The monoisotopic (exact) mass is 702 g/mol. The first-order chi connectivity index (χ1) is 23.5. The number of hydrogen-bond acceptors (Lipinski definition) is 6. The Morgan fingerprint density at radius 3 is 2.04 bits per heavy atom. The molecule has 0 aromatic heterocycles. The first kappa shape index (κ1) is 35.9. The van der Waals surface area contributed by atoms with E-state index in [2.05, 4.69) is 10.6 Å². The number of amides is 2. The Labute approximate surface area is 296 Å². The van der Waals surface area contributed by atoms with Gasteiger partial charge in [0.05, 0.1) is 18.6 Å². The molecule has 4 unspecified atom stereocenters. The Morgan fingerprint density at radius 2 is 1.45 bits per heavy atom. The summed E-state index contributed by atoms with van der Waals surface area (Å²) in [4.78, 5) is 42.4. The number of methoxy groups -OCH3 is 1. The third-order valence-electron chi connectivity index (χ3n) is 9.12. The largest absolute Gasteiger partial charge is 0.493 e. The minimum absolute atomic E-state index is 0.117. The molecule has 256 valence electrons. The molecule has 2 amide bonds. The number of halogens is 2. The van der Waals surface area contributed by atoms with E-state index in [4.69, 9.17) is 32.7 Å². The van der Waals surface area contributed by atoms with E-state index in [0.29, 0.717) is 56.9 Å². The van der Waals surface area contributed by atoms with E-state index >= 15 is 0 Å². The molecule has 8 nitrogen and oxygen atoms in total. The maximum absolute atomic E-state index is 14.3. The molecule has 1 aliphatic carbocycles. The van der Waals surface area contributed by atoms with Crippen LogP contribution in [0.15, 0.2) is 84.9 Å². The topological polar surface area (TPSA) is 114 Å². The Morgan fingerprint density at radius 1 is 0.837 bits per heavy atom. The number of carbonyl (C=O) groups excluding carboxylic acids is 3. The van der Waals surface area contributed by atoms with Gasteiger partial charge in [-0.05, 0) is 72.9 Å². The summed E-state index contributed by atoms with van der Waals surface area (Å²) in [7, 11) is 1.47. The van der Waals surface area contributed by atoms with Crippen molar-refractivity contribution in [2.75, 3.05) is 17.7 Å². The van der Waals surface area contributed by atoms with E-state index < -0.39 is 41.0 Å². The van der Waals surface area contributed by atoms with E-state index in [0.717, 1.165) is 11.1 Å². The van der Waals surface area contributed by atoms with Crippen LogP contribution in [-0.2, 0) is 33.8 Å². The highest BCUT2D eigenvalue weighted by atomic mass is 35.5. The molecule has 0 heterocycles. The predicted octanol–water partition coefficient (Wildman–Crippen LogP) is 8.02. The third-order valence-corrected chi connectivity index (χ3v) is 9.70. The van der Waals surface area contributed by atoms with Gasteiger partial charge in [0.15, 0.2) is 11.5 Å². The van der Waals surface area contributed by atoms with Gasteiger partial charge in [0.25, 0.3) is 0 Å². The number of ether oxygens (including phenoxy) is 2. The average Bonchev–Trinajstić information content (AvgIpc) is 3.07. The van der Waals surface area contributed by atoms with Gasteiger partial charge in [0.2, 0.25) is 11.8 Å². The lowest BCUT2D eigenvalue weighted by Gasteiger charge is -2.44. The van der Waals surface area contributed by atoms with Gasteiger partial charge in [-0.2, -0.15) is 0 Å². The van der Waals surface area contributed by atoms with Gasteiger partial charge in [-0.25, -0.2) is 0 Å². The van der Waals surface area contributed by atoms with E-state index in [1.165, 1.54) is 14.0 Å². The number of para-hydroxylation sites is 2. The molecule has 4 aromatic carbocycles. The number of carbonyl (C=O) groups is 3. The van der Waals surface area contributed by atoms with Crippen LogP contribution in [0.3, 0.4) is 0 Å². The standard InChI is InChI=1S/C39H40Cl2N2O6/c1-5-23-11-7-9-13-29(23)42-37(45)35-31(44)21-39(3,47)36(38(46)43-30-14-10-8-12-24(30)6-2)34(35)25-16-18-32(33(19-25)48-4)49-22-26-15-17-27(40)20-28(26)41/h7-20,34-36,47H,5-6,21-22H2,1-4H3,(H,42,45)(H,43,46). The summed E-state index contributed by atoms with van der Waals surface area (Å²) in [6.07, 6.45) is 0.945. The van der Waals surface area contributed by atoms with Crippen molar-refractivity contribution in [3.63, 3.8) is 0 Å². The summed E-state index contributed by atoms with van der Waals surface area (Å²) in [5, 5.41) is 18.7. The van der Waals surface area contributed by atoms with Crippen molar-refractivity contribution < 1.29 is 29.0 Å². The van der Waals surface area contributed by atoms with Crippen molar-refractivity contribution in [3.8, 4) is 11.5 Å². The van der Waals surface area contributed by atoms with Crippen LogP contribution in [0.4, 0.5) is 11.4 Å². The maximum Gasteiger partial charge on any atom is 0.235 e. The van der Waals surface area contributed by atoms with Gasteiger partial charge in [0.1, 0.15) is 18.3 Å². The second-order valence-corrected chi connectivity index (χ2v) is 13.3. The van der Waals surface area contributed by atoms with Gasteiger partial charge in [-0.1, -0.05) is 85.6 Å². The zero-order valence-electron chi connectivity index (χ0n) is 27.9. The number of rotatable bonds is 11. The van der Waals surface area contributed by atoms with E-state index in [1.807, 2.05) is 50.2 Å². The number of aliphatic hydroxyl groups is 1. The lowest BCUT2D eigenvalue weighted by atomic mass is 9.61. The van der Waals surface area contributed by atoms with Crippen LogP contribution < -0.4 is 20.1 Å². The van der Waals surface area contributed by atoms with Gasteiger partial charge in [0, 0.05) is 39.3 Å². The van der Waals surface area contributed by atoms with Gasteiger partial charge < -0.3 is 25.2 Å². The van der Waals surface area contributed by atoms with E-state index in [1.54, 1.807) is 48.5 Å². The average molecular weight is 704 g/mol. The predicted molar refractivity (Wildman–Crippen MR) is 193 cm³/mol. The fourth-order valence-corrected chi connectivity index (χ4v) is 7.08. The Balaban J connectivity index is 1.57. The normalized spacial score (nSPS) is 20.4. The molecule has 0 saturated heterocycles. The highest BCUT2D eigenvalue weighted by Gasteiger charge is 2.56. The molecule has 1 saturated carbocycles. The molecule has 4 atom stereocenters. The highest BCUT2D eigenvalue weighted by molar-refractivity contribution is 6.35. The number of nitrogens with one attached hydrogen (secondary N) is 2. The van der Waals surface area contributed by atoms with Crippen molar-refractivity contribution in [3.05, 3.63) is 117 Å². The number of ketones is 1. The van der Waals surface area contributed by atoms with E-state index in [9.17, 15) is 19.5 Å². The second-order valence-electron chi connectivity index (χ2n) is 12.4. The van der Waals surface area contributed by atoms with Gasteiger partial charge in [-0.15, -0.1) is 0 Å². The van der Waals surface area contributed by atoms with Crippen molar-refractivity contribution in [1.29, 1.82) is 0 Å². The first-order valence-electron chi connectivity index (χ1n) is 16.2. The minimum atomic E-state index is -1.78. The molecular weight excluding hydrogens is 663 g/mol. The van der Waals surface area contributed by atoms with Crippen LogP contribution in [0.1, 0.15) is 55.4 Å². The van der Waals surface area contributed by atoms with Crippen molar-refractivity contribution >= 4 is 52.2 Å². The van der Waals surface area contributed by atoms with E-state index in [-0.39, 0.29) is 13.0 Å². The summed E-state index contributed by atoms with van der Waals surface area (Å²) in [6, 6.07) is 24.9. The first-order valence-corrected chi connectivity index (χ1v) is 17.0. The van der Waals surface area contributed by atoms with Gasteiger partial charge in [-0.3, -0.25) is 14.4 Å². The molecule has 0 spiro atoms. The van der Waals surface area contributed by atoms with Gasteiger partial charge >= 0.3 is 0 Å². The maximum atomic E-state index is 14.3. The van der Waals surface area contributed by atoms with Crippen LogP contribution in [-0.4, -0.2) is 35.4 Å². The molecule has 49 heavy (non-hydrogen) atoms. The fraction of sp³-hybridized carbons (Fsp3) is 0.308. The number of benzene rings is 4. The molecule has 0 radical (unpaired) electrons. The Hall–Kier alpha value is -4.37. The minimum Gasteiger partial charge on any atom is -0.493 e. The fourth-order valence-electron chi connectivity index (χ4n) is 6.62.